The SMILES string of the molecule is C[S+]([O-])c1ccc(F)c(-c2cnc(N3CC4(CC4)c4ccc(C(=O)N5CCOCC5)cc43)nc2)c1. The second kappa shape index (κ2) is 8.58. The lowest BCUT2D eigenvalue weighted by molar-refractivity contribution is 0.0303. The summed E-state index contributed by atoms with van der Waals surface area (Å²) in [5, 5.41) is 0. The molecule has 9 heteroatoms. The van der Waals surface area contributed by atoms with Gasteiger partial charge < -0.3 is 19.1 Å². The smallest absolute Gasteiger partial charge is 0.254 e. The Morgan fingerprint density at radius 3 is 2.54 bits per heavy atom. The molecule has 2 fully saturated rings. The standard InChI is InChI=1S/C26H25FN4O3S/c1-35(33)19-3-5-22(27)20(13-19)18-14-28-25(29-15-18)31-16-26(6-7-26)21-4-2-17(12-23(21)31)24(32)30-8-10-34-11-9-30/h2-5,12-15H,6-11,16H2,1H3. The highest BCUT2D eigenvalue weighted by atomic mass is 32.2. The molecule has 35 heavy (non-hydrogen) atoms. The van der Waals surface area contributed by atoms with E-state index < -0.39 is 17.0 Å². The number of morpholine rings is 1. The minimum absolute atomic E-state index is 0.00716. The Kier molecular flexibility index (Phi) is 5.51. The van der Waals surface area contributed by atoms with Crippen molar-refractivity contribution >= 4 is 28.7 Å². The molecular formula is C26H25FN4O3S. The molecule has 1 amide bonds. The number of benzene rings is 2. The van der Waals surface area contributed by atoms with Gasteiger partial charge in [-0.25, -0.2) is 14.4 Å². The van der Waals surface area contributed by atoms with Crippen molar-refractivity contribution in [3.63, 3.8) is 0 Å². The molecule has 1 saturated carbocycles. The number of rotatable bonds is 4. The summed E-state index contributed by atoms with van der Waals surface area (Å²) in [6.07, 6.45) is 6.95. The molecule has 2 aromatic carbocycles. The van der Waals surface area contributed by atoms with Crippen LogP contribution in [0.5, 0.6) is 0 Å². The van der Waals surface area contributed by atoms with Gasteiger partial charge in [0.1, 0.15) is 12.1 Å². The van der Waals surface area contributed by atoms with Crippen LogP contribution in [0.1, 0.15) is 28.8 Å². The fraction of sp³-hybridized carbons (Fsp3) is 0.346. The number of hydrogen-bond acceptors (Lipinski definition) is 6. The number of hydrogen-bond donors (Lipinski definition) is 0. The fourth-order valence-corrected chi connectivity index (χ4v) is 5.56. The lowest BCUT2D eigenvalue weighted by Gasteiger charge is -2.27. The van der Waals surface area contributed by atoms with E-state index in [2.05, 4.69) is 20.9 Å². The highest BCUT2D eigenvalue weighted by Gasteiger charge is 2.52. The van der Waals surface area contributed by atoms with Gasteiger partial charge in [-0.05, 0) is 53.8 Å². The highest BCUT2D eigenvalue weighted by molar-refractivity contribution is 7.90. The third-order valence-electron chi connectivity index (χ3n) is 7.18. The second-order valence-electron chi connectivity index (χ2n) is 9.37. The molecule has 3 aliphatic rings. The van der Waals surface area contributed by atoms with E-state index in [-0.39, 0.29) is 11.3 Å². The molecule has 3 heterocycles. The Morgan fingerprint density at radius 2 is 1.86 bits per heavy atom. The van der Waals surface area contributed by atoms with E-state index in [0.29, 0.717) is 53.8 Å². The summed E-state index contributed by atoms with van der Waals surface area (Å²) in [6.45, 7) is 3.07. The van der Waals surface area contributed by atoms with Crippen LogP contribution in [0.4, 0.5) is 16.0 Å². The predicted molar refractivity (Wildman–Crippen MR) is 131 cm³/mol. The largest absolute Gasteiger partial charge is 0.612 e. The summed E-state index contributed by atoms with van der Waals surface area (Å²) in [5.74, 6) is 0.114. The lowest BCUT2D eigenvalue weighted by Crippen LogP contribution is -2.40. The molecule has 180 valence electrons. The van der Waals surface area contributed by atoms with Gasteiger partial charge >= 0.3 is 0 Å². The number of fused-ring (bicyclic) bond motifs is 2. The number of nitrogens with zero attached hydrogens (tertiary/aromatic N) is 4. The van der Waals surface area contributed by atoms with Gasteiger partial charge in [-0.15, -0.1) is 0 Å². The number of amides is 1. The van der Waals surface area contributed by atoms with Crippen molar-refractivity contribution in [2.75, 3.05) is 44.0 Å². The number of halogens is 1. The molecule has 1 aromatic heterocycles. The molecule has 0 radical (unpaired) electrons. The molecule has 1 saturated heterocycles. The van der Waals surface area contributed by atoms with Crippen LogP contribution >= 0.6 is 0 Å². The van der Waals surface area contributed by atoms with Crippen molar-refractivity contribution in [1.82, 2.24) is 14.9 Å². The predicted octanol–water partition coefficient (Wildman–Crippen LogP) is 3.68. The maximum absolute atomic E-state index is 14.5. The minimum Gasteiger partial charge on any atom is -0.612 e. The van der Waals surface area contributed by atoms with E-state index in [1.165, 1.54) is 17.7 Å². The first-order valence-corrected chi connectivity index (χ1v) is 13.3. The van der Waals surface area contributed by atoms with Crippen LogP contribution in [0, 0.1) is 5.82 Å². The Hall–Kier alpha value is -3.01. The molecule has 0 N–H and O–H groups in total. The summed E-state index contributed by atoms with van der Waals surface area (Å²) in [7, 11) is 0. The Morgan fingerprint density at radius 1 is 1.11 bits per heavy atom. The number of aromatic nitrogens is 2. The van der Waals surface area contributed by atoms with E-state index in [1.807, 2.05) is 17.0 Å². The van der Waals surface area contributed by atoms with E-state index in [1.54, 1.807) is 24.7 Å². The van der Waals surface area contributed by atoms with Crippen LogP contribution in [-0.2, 0) is 21.3 Å². The average molecular weight is 493 g/mol. The summed E-state index contributed by atoms with van der Waals surface area (Å²) in [5.41, 5.74) is 3.77. The van der Waals surface area contributed by atoms with E-state index in [4.69, 9.17) is 4.74 Å². The summed E-state index contributed by atoms with van der Waals surface area (Å²) < 4.78 is 31.7. The van der Waals surface area contributed by atoms with Gasteiger partial charge in [0.25, 0.3) is 5.91 Å². The Bertz CT molecular complexity index is 1290. The van der Waals surface area contributed by atoms with Crippen LogP contribution in [0.25, 0.3) is 11.1 Å². The summed E-state index contributed by atoms with van der Waals surface area (Å²) >= 11 is -1.22. The molecule has 7 nitrogen and oxygen atoms in total. The van der Waals surface area contributed by atoms with Gasteiger partial charge in [0.2, 0.25) is 5.95 Å². The fourth-order valence-electron chi connectivity index (χ4n) is 5.02. The maximum Gasteiger partial charge on any atom is 0.254 e. The van der Waals surface area contributed by atoms with Crippen molar-refractivity contribution in [3.05, 3.63) is 65.7 Å². The van der Waals surface area contributed by atoms with Gasteiger partial charge in [-0.3, -0.25) is 4.79 Å². The summed E-state index contributed by atoms with van der Waals surface area (Å²) in [4.78, 5) is 26.7. The van der Waals surface area contributed by atoms with E-state index in [9.17, 15) is 13.7 Å². The molecular weight excluding hydrogens is 467 g/mol. The van der Waals surface area contributed by atoms with Crippen LogP contribution in [0.3, 0.4) is 0 Å². The molecule has 1 unspecified atom stereocenters. The first-order valence-electron chi connectivity index (χ1n) is 11.7. The Balaban J connectivity index is 1.32. The monoisotopic (exact) mass is 492 g/mol. The number of carbonyl (C=O) groups is 1. The van der Waals surface area contributed by atoms with Crippen molar-refractivity contribution in [2.45, 2.75) is 23.2 Å². The molecule has 2 aliphatic heterocycles. The van der Waals surface area contributed by atoms with Crippen LogP contribution in [0.2, 0.25) is 0 Å². The van der Waals surface area contributed by atoms with Crippen LogP contribution in [-0.4, -0.2) is 64.4 Å². The zero-order valence-electron chi connectivity index (χ0n) is 19.4. The third-order valence-corrected chi connectivity index (χ3v) is 8.10. The van der Waals surface area contributed by atoms with E-state index in [0.717, 1.165) is 25.1 Å². The molecule has 1 aliphatic carbocycles. The first kappa shape index (κ1) is 22.5. The van der Waals surface area contributed by atoms with Crippen LogP contribution in [0.15, 0.2) is 53.7 Å². The highest BCUT2D eigenvalue weighted by Crippen LogP contribution is 2.57. The molecule has 3 aromatic rings. The lowest BCUT2D eigenvalue weighted by atomic mass is 9.97. The molecule has 6 rings (SSSR count). The maximum atomic E-state index is 14.5. The molecule has 1 spiro atoms. The van der Waals surface area contributed by atoms with Crippen molar-refractivity contribution < 1.29 is 18.5 Å². The normalized spacial score (nSPS) is 19.1. The number of anilines is 2. The van der Waals surface area contributed by atoms with Gasteiger partial charge in [-0.2, -0.15) is 0 Å². The van der Waals surface area contributed by atoms with Gasteiger partial charge in [-0.1, -0.05) is 6.07 Å². The van der Waals surface area contributed by atoms with E-state index >= 15 is 0 Å². The second-order valence-corrected chi connectivity index (χ2v) is 10.8. The first-order chi connectivity index (χ1) is 16.9. The van der Waals surface area contributed by atoms with Crippen molar-refractivity contribution in [1.29, 1.82) is 0 Å². The minimum atomic E-state index is -1.22. The van der Waals surface area contributed by atoms with Crippen molar-refractivity contribution in [3.8, 4) is 11.1 Å². The number of carbonyl (C=O) groups excluding carboxylic acids is 1. The number of ether oxygens (including phenoxy) is 1. The topological polar surface area (TPSA) is 81.6 Å². The third kappa shape index (κ3) is 3.97. The van der Waals surface area contributed by atoms with Crippen molar-refractivity contribution in [2.24, 2.45) is 0 Å². The molecule has 0 bridgehead atoms. The quantitative estimate of drug-likeness (QED) is 0.517. The average Bonchev–Trinajstić information content (AvgIpc) is 3.60. The molecule has 1 atom stereocenters. The van der Waals surface area contributed by atoms with Gasteiger partial charge in [0.15, 0.2) is 4.90 Å². The van der Waals surface area contributed by atoms with Gasteiger partial charge in [0.05, 0.1) is 13.2 Å². The zero-order valence-corrected chi connectivity index (χ0v) is 20.2. The van der Waals surface area contributed by atoms with Gasteiger partial charge in [0, 0.05) is 65.9 Å². The van der Waals surface area contributed by atoms with Crippen LogP contribution < -0.4 is 4.90 Å². The Labute approximate surface area is 206 Å². The zero-order chi connectivity index (χ0) is 24.2. The summed E-state index contributed by atoms with van der Waals surface area (Å²) in [6, 6.07) is 10.4.